The van der Waals surface area contributed by atoms with Gasteiger partial charge in [-0.25, -0.2) is 0 Å². The number of hydrogen-bond donors (Lipinski definition) is 2. The molecule has 0 aliphatic rings. The molecule has 0 atom stereocenters. The molecule has 0 aliphatic carbocycles. The summed E-state index contributed by atoms with van der Waals surface area (Å²) in [6.07, 6.45) is 1.22. The van der Waals surface area contributed by atoms with Crippen LogP contribution in [0.15, 0.2) is 12.8 Å². The van der Waals surface area contributed by atoms with Crippen LogP contribution in [-0.2, 0) is 4.79 Å². The summed E-state index contributed by atoms with van der Waals surface area (Å²) in [5.41, 5.74) is 0. The average Bonchev–Trinajstić information content (AvgIpc) is 1.68. The average molecular weight is 101 g/mol. The molecule has 40 valence electrons. The minimum absolute atomic E-state index is 0.435. The third-order valence-corrected chi connectivity index (χ3v) is 0.407. The van der Waals surface area contributed by atoms with Crippen LogP contribution in [0.2, 0.25) is 0 Å². The Morgan fingerprint density at radius 2 is 2.57 bits per heavy atom. The van der Waals surface area contributed by atoms with Gasteiger partial charge in [-0.15, -0.1) is 0 Å². The van der Waals surface area contributed by atoms with Gasteiger partial charge in [0.25, 0.3) is 0 Å². The van der Waals surface area contributed by atoms with Gasteiger partial charge in [-0.2, -0.15) is 0 Å². The number of aliphatic hydroxyl groups is 1. The van der Waals surface area contributed by atoms with E-state index < -0.39 is 12.5 Å². The quantitative estimate of drug-likeness (QED) is 0.480. The topological polar surface area (TPSA) is 49.3 Å². The van der Waals surface area contributed by atoms with E-state index in [0.29, 0.717) is 0 Å². The Balaban J connectivity index is 3.17. The van der Waals surface area contributed by atoms with Crippen molar-refractivity contribution in [1.82, 2.24) is 5.32 Å². The van der Waals surface area contributed by atoms with Crippen molar-refractivity contribution in [1.29, 1.82) is 0 Å². The molecule has 0 saturated heterocycles. The van der Waals surface area contributed by atoms with E-state index in [0.717, 1.165) is 0 Å². The summed E-state index contributed by atoms with van der Waals surface area (Å²) < 4.78 is 0. The second-order valence-corrected chi connectivity index (χ2v) is 0.930. The third-order valence-electron chi connectivity index (χ3n) is 0.407. The second-order valence-electron chi connectivity index (χ2n) is 0.930. The maximum absolute atomic E-state index is 9.98. The van der Waals surface area contributed by atoms with Crippen molar-refractivity contribution in [2.45, 2.75) is 0 Å². The van der Waals surface area contributed by atoms with E-state index >= 15 is 0 Å². The maximum atomic E-state index is 9.98. The van der Waals surface area contributed by atoms with Crippen LogP contribution in [0.3, 0.4) is 0 Å². The van der Waals surface area contributed by atoms with E-state index in [9.17, 15) is 4.79 Å². The summed E-state index contributed by atoms with van der Waals surface area (Å²) in [7, 11) is 0. The number of nitrogens with one attached hydrogen (secondary N) is 1. The van der Waals surface area contributed by atoms with Crippen molar-refractivity contribution in [3.05, 3.63) is 12.8 Å². The fraction of sp³-hybridized carbons (Fsp3) is 0.250. The van der Waals surface area contributed by atoms with Gasteiger partial charge in [0, 0.05) is 0 Å². The molecule has 0 heterocycles. The highest BCUT2D eigenvalue weighted by Crippen LogP contribution is 1.57. The van der Waals surface area contributed by atoms with Gasteiger partial charge in [0.05, 0.1) is 0 Å². The zero-order chi connectivity index (χ0) is 5.70. The first kappa shape index (κ1) is 6.17. The smallest absolute Gasteiger partial charge is 0.249 e. The molecule has 3 nitrogen and oxygen atoms in total. The number of amides is 1. The van der Waals surface area contributed by atoms with E-state index in [2.05, 4.69) is 11.9 Å². The zero-order valence-corrected chi connectivity index (χ0v) is 3.85. The van der Waals surface area contributed by atoms with Crippen LogP contribution in [-0.4, -0.2) is 17.6 Å². The molecule has 0 fully saturated rings. The minimum atomic E-state index is -0.480. The van der Waals surface area contributed by atoms with E-state index in [1.807, 2.05) is 0 Å². The van der Waals surface area contributed by atoms with E-state index in [1.54, 1.807) is 0 Å². The van der Waals surface area contributed by atoms with Crippen molar-refractivity contribution in [2.24, 2.45) is 0 Å². The Morgan fingerprint density at radius 1 is 2.00 bits per heavy atom. The van der Waals surface area contributed by atoms with Crippen LogP contribution in [0, 0.1) is 0 Å². The first-order valence-electron chi connectivity index (χ1n) is 1.82. The number of carbonyl (C=O) groups excluding carboxylic acids is 1. The Morgan fingerprint density at radius 3 is 2.71 bits per heavy atom. The lowest BCUT2D eigenvalue weighted by Crippen LogP contribution is -2.19. The zero-order valence-electron chi connectivity index (χ0n) is 3.85. The fourth-order valence-corrected chi connectivity index (χ4v) is 0.159. The Hall–Kier alpha value is -0.830. The Kier molecular flexibility index (Phi) is 2.96. The molecule has 7 heavy (non-hydrogen) atoms. The molecular formula is C4H7NO2. The molecule has 0 aromatic heterocycles. The van der Waals surface area contributed by atoms with Crippen molar-refractivity contribution < 1.29 is 9.90 Å². The summed E-state index contributed by atoms with van der Waals surface area (Å²) in [6, 6.07) is 0. The number of carbonyl (C=O) groups is 1. The summed E-state index contributed by atoms with van der Waals surface area (Å²) >= 11 is 0. The van der Waals surface area contributed by atoms with Gasteiger partial charge < -0.3 is 10.4 Å². The monoisotopic (exact) mass is 101 g/mol. The van der Waals surface area contributed by atoms with Gasteiger partial charge in [0.2, 0.25) is 5.91 Å². The largest absolute Gasteiger partial charge is 0.387 e. The highest BCUT2D eigenvalue weighted by atomic mass is 16.3. The SMILES string of the molecule is C=CNC(=O)CO. The van der Waals surface area contributed by atoms with Gasteiger partial charge in [0.1, 0.15) is 6.61 Å². The molecule has 0 aromatic rings. The lowest BCUT2D eigenvalue weighted by molar-refractivity contribution is -0.122. The second kappa shape index (κ2) is 3.36. The summed E-state index contributed by atoms with van der Waals surface area (Å²) in [6.45, 7) is 2.73. The number of hydrogen-bond acceptors (Lipinski definition) is 2. The van der Waals surface area contributed by atoms with Crippen LogP contribution in [0.25, 0.3) is 0 Å². The molecule has 3 heteroatoms. The lowest BCUT2D eigenvalue weighted by Gasteiger charge is -1.88. The third kappa shape index (κ3) is 2.99. The predicted octanol–water partition coefficient (Wildman–Crippen LogP) is -0.762. The van der Waals surface area contributed by atoms with Gasteiger partial charge >= 0.3 is 0 Å². The molecule has 1 amide bonds. The predicted molar refractivity (Wildman–Crippen MR) is 25.4 cm³/mol. The van der Waals surface area contributed by atoms with E-state index in [-0.39, 0.29) is 0 Å². The molecule has 2 N–H and O–H groups in total. The molecule has 0 aliphatic heterocycles. The molecule has 0 spiro atoms. The fourth-order valence-electron chi connectivity index (χ4n) is 0.159. The number of aliphatic hydroxyl groups excluding tert-OH is 1. The van der Waals surface area contributed by atoms with Crippen LogP contribution in [0.1, 0.15) is 0 Å². The molecule has 0 rings (SSSR count). The molecule has 0 bridgehead atoms. The Bertz CT molecular complexity index is 79.8. The van der Waals surface area contributed by atoms with Gasteiger partial charge in [-0.1, -0.05) is 6.58 Å². The van der Waals surface area contributed by atoms with Crippen molar-refractivity contribution in [3.63, 3.8) is 0 Å². The van der Waals surface area contributed by atoms with Crippen LogP contribution in [0.5, 0.6) is 0 Å². The summed E-state index contributed by atoms with van der Waals surface area (Å²) in [5.74, 6) is -0.435. The van der Waals surface area contributed by atoms with Crippen LogP contribution in [0.4, 0.5) is 0 Å². The molecule has 0 unspecified atom stereocenters. The van der Waals surface area contributed by atoms with Crippen LogP contribution < -0.4 is 5.32 Å². The number of rotatable bonds is 2. The van der Waals surface area contributed by atoms with Crippen molar-refractivity contribution in [3.8, 4) is 0 Å². The van der Waals surface area contributed by atoms with Gasteiger partial charge in [-0.3, -0.25) is 4.79 Å². The highest BCUT2D eigenvalue weighted by Gasteiger charge is 1.88. The molecular weight excluding hydrogens is 94.0 g/mol. The van der Waals surface area contributed by atoms with Gasteiger partial charge in [0.15, 0.2) is 0 Å². The van der Waals surface area contributed by atoms with Crippen LogP contribution >= 0.6 is 0 Å². The first-order valence-corrected chi connectivity index (χ1v) is 1.82. The van der Waals surface area contributed by atoms with E-state index in [1.165, 1.54) is 6.20 Å². The van der Waals surface area contributed by atoms with Crippen molar-refractivity contribution in [2.75, 3.05) is 6.61 Å². The normalized spacial score (nSPS) is 7.57. The standard InChI is InChI=1S/C4H7NO2/c1-2-5-4(7)3-6/h2,6H,1,3H2,(H,5,7). The molecule has 0 saturated carbocycles. The molecule has 0 aromatic carbocycles. The first-order chi connectivity index (χ1) is 3.31. The molecule has 0 radical (unpaired) electrons. The Labute approximate surface area is 41.7 Å². The maximum Gasteiger partial charge on any atom is 0.249 e. The summed E-state index contributed by atoms with van der Waals surface area (Å²) in [5, 5.41) is 10.2. The highest BCUT2D eigenvalue weighted by molar-refractivity contribution is 5.77. The summed E-state index contributed by atoms with van der Waals surface area (Å²) in [4.78, 5) is 9.98. The minimum Gasteiger partial charge on any atom is -0.387 e. The lowest BCUT2D eigenvalue weighted by atomic mass is 10.6. The van der Waals surface area contributed by atoms with Gasteiger partial charge in [-0.05, 0) is 6.20 Å². The van der Waals surface area contributed by atoms with E-state index in [4.69, 9.17) is 5.11 Å². The van der Waals surface area contributed by atoms with Crippen molar-refractivity contribution >= 4 is 5.91 Å².